The van der Waals surface area contributed by atoms with Crippen LogP contribution in [0.25, 0.3) is 0 Å². The van der Waals surface area contributed by atoms with Crippen LogP contribution in [-0.2, 0) is 29.0 Å². The van der Waals surface area contributed by atoms with E-state index in [0.717, 1.165) is 11.1 Å². The molecule has 0 aliphatic heterocycles. The van der Waals surface area contributed by atoms with Crippen LogP contribution in [0.2, 0.25) is 20.1 Å². The molecular weight excluding hydrogens is 502 g/mol. The average molecular weight is 524 g/mol. The normalized spacial score (nSPS) is 11.7. The number of hydrogen-bond acceptors (Lipinski definition) is 2. The number of hydrogen-bond donors (Lipinski definition) is 1. The van der Waals surface area contributed by atoms with Crippen molar-refractivity contribution in [3.05, 3.63) is 104 Å². The van der Waals surface area contributed by atoms with Crippen LogP contribution in [0.5, 0.6) is 0 Å². The fourth-order valence-corrected chi connectivity index (χ4v) is 4.28. The van der Waals surface area contributed by atoms with Gasteiger partial charge in [0, 0.05) is 30.1 Å². The Labute approximate surface area is 213 Å². The molecule has 33 heavy (non-hydrogen) atoms. The predicted molar refractivity (Wildman–Crippen MR) is 135 cm³/mol. The van der Waals surface area contributed by atoms with Crippen molar-refractivity contribution in [1.29, 1.82) is 0 Å². The lowest BCUT2D eigenvalue weighted by Crippen LogP contribution is -2.50. The SMILES string of the molecule is CNC(=O)C(Cc1ccccc1)N(Cc1ccc(Cl)c(Cl)c1)C(=O)Cc1ccc(Cl)cc1Cl. The topological polar surface area (TPSA) is 49.4 Å². The fourth-order valence-electron chi connectivity index (χ4n) is 3.48. The number of nitrogens with one attached hydrogen (secondary N) is 1. The summed E-state index contributed by atoms with van der Waals surface area (Å²) in [6.07, 6.45) is 0.363. The van der Waals surface area contributed by atoms with Crippen LogP contribution < -0.4 is 5.32 Å². The van der Waals surface area contributed by atoms with E-state index in [9.17, 15) is 9.59 Å². The Hall–Kier alpha value is -2.24. The van der Waals surface area contributed by atoms with Gasteiger partial charge in [-0.25, -0.2) is 0 Å². The number of benzene rings is 3. The lowest BCUT2D eigenvalue weighted by molar-refractivity contribution is -0.140. The van der Waals surface area contributed by atoms with Crippen molar-refractivity contribution in [1.82, 2.24) is 10.2 Å². The van der Waals surface area contributed by atoms with E-state index in [1.165, 1.54) is 0 Å². The maximum Gasteiger partial charge on any atom is 0.242 e. The molecule has 0 aliphatic rings. The van der Waals surface area contributed by atoms with Crippen molar-refractivity contribution >= 4 is 58.2 Å². The summed E-state index contributed by atoms with van der Waals surface area (Å²) >= 11 is 24.6. The lowest BCUT2D eigenvalue weighted by atomic mass is 10.0. The number of carbonyl (C=O) groups excluding carboxylic acids is 2. The molecule has 0 saturated carbocycles. The number of halogens is 4. The van der Waals surface area contributed by atoms with Crippen molar-refractivity contribution in [3.63, 3.8) is 0 Å². The van der Waals surface area contributed by atoms with E-state index in [4.69, 9.17) is 46.4 Å². The summed E-state index contributed by atoms with van der Waals surface area (Å²) in [7, 11) is 1.55. The van der Waals surface area contributed by atoms with E-state index in [2.05, 4.69) is 5.32 Å². The summed E-state index contributed by atoms with van der Waals surface area (Å²) in [5.41, 5.74) is 2.31. The number of nitrogens with zero attached hydrogens (tertiary/aromatic N) is 1. The molecule has 1 unspecified atom stereocenters. The highest BCUT2D eigenvalue weighted by molar-refractivity contribution is 6.42. The fraction of sp³-hybridized carbons (Fsp3) is 0.200. The third-order valence-electron chi connectivity index (χ3n) is 5.21. The molecular formula is C25H22Cl4N2O2. The van der Waals surface area contributed by atoms with Gasteiger partial charge in [-0.1, -0.05) is 88.9 Å². The Kier molecular flexibility index (Phi) is 9.04. The largest absolute Gasteiger partial charge is 0.357 e. The summed E-state index contributed by atoms with van der Waals surface area (Å²) in [5, 5.41) is 4.35. The molecule has 0 saturated heterocycles. The molecule has 2 amide bonds. The van der Waals surface area contributed by atoms with Gasteiger partial charge in [0.25, 0.3) is 0 Å². The van der Waals surface area contributed by atoms with Gasteiger partial charge >= 0.3 is 0 Å². The summed E-state index contributed by atoms with van der Waals surface area (Å²) in [6.45, 7) is 0.172. The summed E-state index contributed by atoms with van der Waals surface area (Å²) in [4.78, 5) is 28.0. The molecule has 0 fully saturated rings. The van der Waals surface area contributed by atoms with Gasteiger partial charge in [-0.3, -0.25) is 9.59 Å². The zero-order chi connectivity index (χ0) is 24.0. The summed E-state index contributed by atoms with van der Waals surface area (Å²) in [6, 6.07) is 18.9. The van der Waals surface area contributed by atoms with Crippen LogP contribution in [0.3, 0.4) is 0 Å². The Morgan fingerprint density at radius 1 is 0.848 bits per heavy atom. The van der Waals surface area contributed by atoms with Crippen LogP contribution in [0.15, 0.2) is 66.7 Å². The van der Waals surface area contributed by atoms with Gasteiger partial charge in [0.1, 0.15) is 6.04 Å². The first-order valence-electron chi connectivity index (χ1n) is 10.2. The van der Waals surface area contributed by atoms with Crippen molar-refractivity contribution in [2.75, 3.05) is 7.05 Å². The molecule has 0 aromatic heterocycles. The smallest absolute Gasteiger partial charge is 0.242 e. The predicted octanol–water partition coefficient (Wildman–Crippen LogP) is 6.23. The van der Waals surface area contributed by atoms with Crippen LogP contribution in [0.4, 0.5) is 0 Å². The molecule has 0 radical (unpaired) electrons. The van der Waals surface area contributed by atoms with E-state index >= 15 is 0 Å². The lowest BCUT2D eigenvalue weighted by Gasteiger charge is -2.31. The molecule has 4 nitrogen and oxygen atoms in total. The monoisotopic (exact) mass is 522 g/mol. The minimum atomic E-state index is -0.745. The molecule has 3 aromatic rings. The quantitative estimate of drug-likeness (QED) is 0.380. The van der Waals surface area contributed by atoms with Gasteiger partial charge in [0.15, 0.2) is 0 Å². The van der Waals surface area contributed by atoms with Gasteiger partial charge in [0.05, 0.1) is 16.5 Å². The Bertz CT molecular complexity index is 1140. The highest BCUT2D eigenvalue weighted by atomic mass is 35.5. The molecule has 8 heteroatoms. The third-order valence-corrected chi connectivity index (χ3v) is 6.54. The van der Waals surface area contributed by atoms with Crippen molar-refractivity contribution < 1.29 is 9.59 Å². The second-order valence-electron chi connectivity index (χ2n) is 7.50. The number of likely N-dealkylation sites (N-methyl/N-ethyl adjacent to an activating group) is 1. The molecule has 3 rings (SSSR count). The number of carbonyl (C=O) groups is 2. The highest BCUT2D eigenvalue weighted by Crippen LogP contribution is 2.26. The molecule has 1 atom stereocenters. The Morgan fingerprint density at radius 3 is 2.21 bits per heavy atom. The van der Waals surface area contributed by atoms with E-state index in [1.54, 1.807) is 48.3 Å². The van der Waals surface area contributed by atoms with Crippen molar-refractivity contribution in [3.8, 4) is 0 Å². The average Bonchev–Trinajstić information content (AvgIpc) is 2.80. The van der Waals surface area contributed by atoms with Gasteiger partial charge in [-0.2, -0.15) is 0 Å². The number of rotatable bonds is 8. The zero-order valence-corrected chi connectivity index (χ0v) is 20.8. The van der Waals surface area contributed by atoms with Crippen LogP contribution in [-0.4, -0.2) is 29.8 Å². The molecule has 172 valence electrons. The van der Waals surface area contributed by atoms with Crippen LogP contribution in [0, 0.1) is 0 Å². The first kappa shape index (κ1) is 25.4. The first-order chi connectivity index (χ1) is 15.8. The third kappa shape index (κ3) is 6.87. The second-order valence-corrected chi connectivity index (χ2v) is 9.16. The highest BCUT2D eigenvalue weighted by Gasteiger charge is 2.30. The number of amides is 2. The molecule has 3 aromatic carbocycles. The van der Waals surface area contributed by atoms with Crippen LogP contribution in [0.1, 0.15) is 16.7 Å². The first-order valence-corrected chi connectivity index (χ1v) is 11.7. The minimum Gasteiger partial charge on any atom is -0.357 e. The molecule has 1 N–H and O–H groups in total. The van der Waals surface area contributed by atoms with Crippen LogP contribution >= 0.6 is 46.4 Å². The Morgan fingerprint density at radius 2 is 1.58 bits per heavy atom. The molecule has 0 spiro atoms. The van der Waals surface area contributed by atoms with E-state index < -0.39 is 6.04 Å². The van der Waals surface area contributed by atoms with E-state index in [-0.39, 0.29) is 24.8 Å². The minimum absolute atomic E-state index is 0.0135. The van der Waals surface area contributed by atoms with E-state index in [0.29, 0.717) is 32.1 Å². The van der Waals surface area contributed by atoms with Crippen molar-refractivity contribution in [2.45, 2.75) is 25.4 Å². The summed E-state index contributed by atoms with van der Waals surface area (Å²) < 4.78 is 0. The van der Waals surface area contributed by atoms with E-state index in [1.807, 2.05) is 30.3 Å². The Balaban J connectivity index is 1.97. The molecule has 0 aliphatic carbocycles. The van der Waals surface area contributed by atoms with Gasteiger partial charge in [-0.15, -0.1) is 0 Å². The molecule has 0 heterocycles. The maximum absolute atomic E-state index is 13.6. The standard InChI is InChI=1S/C25H22Cl4N2O2/c1-30-25(33)23(12-16-5-3-2-4-6-16)31(15-17-7-10-20(27)22(29)11-17)24(32)13-18-8-9-19(26)14-21(18)28/h2-11,14,23H,12-13,15H2,1H3,(H,30,33). The van der Waals surface area contributed by atoms with Crippen molar-refractivity contribution in [2.24, 2.45) is 0 Å². The van der Waals surface area contributed by atoms with Gasteiger partial charge < -0.3 is 10.2 Å². The molecule has 0 bridgehead atoms. The maximum atomic E-state index is 13.6. The zero-order valence-electron chi connectivity index (χ0n) is 17.8. The van der Waals surface area contributed by atoms with Gasteiger partial charge in [0.2, 0.25) is 11.8 Å². The summed E-state index contributed by atoms with van der Waals surface area (Å²) in [5.74, 6) is -0.524. The second kappa shape index (κ2) is 11.8. The van der Waals surface area contributed by atoms with Gasteiger partial charge in [-0.05, 0) is 41.0 Å².